The van der Waals surface area contributed by atoms with Gasteiger partial charge in [0.05, 0.1) is 11.4 Å². The Bertz CT molecular complexity index is 769. The minimum atomic E-state index is 0.498. The van der Waals surface area contributed by atoms with Crippen molar-refractivity contribution in [1.29, 1.82) is 0 Å². The molecule has 102 valence electrons. The van der Waals surface area contributed by atoms with Crippen LogP contribution in [0.25, 0.3) is 16.2 Å². The number of benzene rings is 1. The molecule has 3 nitrogen and oxygen atoms in total. The van der Waals surface area contributed by atoms with Crippen molar-refractivity contribution in [1.82, 2.24) is 9.38 Å². The Hall–Kier alpha value is -1.65. The largest absolute Gasteiger partial charge is 0.325 e. The van der Waals surface area contributed by atoms with Crippen LogP contribution in [-0.4, -0.2) is 9.38 Å². The molecule has 1 aliphatic carbocycles. The van der Waals surface area contributed by atoms with E-state index < -0.39 is 0 Å². The fraction of sp³-hybridized carbons (Fsp3) is 0.312. The fourth-order valence-corrected chi connectivity index (χ4v) is 3.93. The molecular formula is C16H17N3S. The molecule has 0 saturated heterocycles. The van der Waals surface area contributed by atoms with Gasteiger partial charge < -0.3 is 5.73 Å². The van der Waals surface area contributed by atoms with Crippen LogP contribution < -0.4 is 5.73 Å². The maximum atomic E-state index is 5.68. The SMILES string of the molecule is NCc1cn2c(-c3ccc4c(c3)CCCC4)csc2n1. The lowest BCUT2D eigenvalue weighted by Crippen LogP contribution is -2.02. The molecular weight excluding hydrogens is 266 g/mol. The Morgan fingerprint density at radius 3 is 2.90 bits per heavy atom. The summed E-state index contributed by atoms with van der Waals surface area (Å²) in [5, 5.41) is 2.19. The van der Waals surface area contributed by atoms with E-state index in [1.54, 1.807) is 11.3 Å². The zero-order chi connectivity index (χ0) is 13.5. The van der Waals surface area contributed by atoms with Gasteiger partial charge in [-0.25, -0.2) is 4.98 Å². The number of thiazole rings is 1. The van der Waals surface area contributed by atoms with E-state index in [2.05, 4.69) is 39.2 Å². The number of imidazole rings is 1. The predicted octanol–water partition coefficient (Wildman–Crippen LogP) is 3.40. The van der Waals surface area contributed by atoms with E-state index in [4.69, 9.17) is 5.73 Å². The van der Waals surface area contributed by atoms with Gasteiger partial charge in [-0.3, -0.25) is 4.40 Å². The average Bonchev–Trinajstić information content (AvgIpc) is 3.06. The summed E-state index contributed by atoms with van der Waals surface area (Å²) in [5.41, 5.74) is 12.2. The summed E-state index contributed by atoms with van der Waals surface area (Å²) in [4.78, 5) is 5.55. The number of rotatable bonds is 2. The highest BCUT2D eigenvalue weighted by Crippen LogP contribution is 2.30. The molecule has 0 fully saturated rings. The predicted molar refractivity (Wildman–Crippen MR) is 83.0 cm³/mol. The van der Waals surface area contributed by atoms with E-state index in [0.717, 1.165) is 10.7 Å². The third kappa shape index (κ3) is 1.87. The molecule has 3 aromatic rings. The molecule has 0 aliphatic heterocycles. The Labute approximate surface area is 122 Å². The Morgan fingerprint density at radius 2 is 2.05 bits per heavy atom. The van der Waals surface area contributed by atoms with E-state index in [9.17, 15) is 0 Å². The lowest BCUT2D eigenvalue weighted by Gasteiger charge is -2.16. The standard InChI is InChI=1S/C16H17N3S/c17-8-14-9-19-15(10-20-16(19)18-14)13-6-5-11-3-1-2-4-12(11)7-13/h5-7,9-10H,1-4,8,17H2. The zero-order valence-electron chi connectivity index (χ0n) is 11.3. The second kappa shape index (κ2) is 4.72. The van der Waals surface area contributed by atoms with E-state index in [-0.39, 0.29) is 0 Å². The average molecular weight is 283 g/mol. The number of nitrogens with two attached hydrogens (primary N) is 1. The van der Waals surface area contributed by atoms with Crippen LogP contribution in [-0.2, 0) is 19.4 Å². The van der Waals surface area contributed by atoms with E-state index in [0.29, 0.717) is 6.54 Å². The molecule has 0 amide bonds. The van der Waals surface area contributed by atoms with Crippen molar-refractivity contribution >= 4 is 16.3 Å². The molecule has 0 bridgehead atoms. The van der Waals surface area contributed by atoms with Crippen molar-refractivity contribution in [3.63, 3.8) is 0 Å². The first-order chi connectivity index (χ1) is 9.85. The van der Waals surface area contributed by atoms with Gasteiger partial charge in [0, 0.05) is 18.1 Å². The number of nitrogens with zero attached hydrogens (tertiary/aromatic N) is 2. The van der Waals surface area contributed by atoms with Crippen LogP contribution >= 0.6 is 11.3 Å². The molecule has 0 spiro atoms. The normalized spacial score (nSPS) is 14.7. The fourth-order valence-electron chi connectivity index (χ4n) is 3.03. The highest BCUT2D eigenvalue weighted by Gasteiger charge is 2.13. The van der Waals surface area contributed by atoms with Crippen LogP contribution in [0.4, 0.5) is 0 Å². The van der Waals surface area contributed by atoms with Gasteiger partial charge in [-0.05, 0) is 48.4 Å². The molecule has 4 heteroatoms. The Morgan fingerprint density at radius 1 is 1.20 bits per heavy atom. The molecule has 1 aliphatic rings. The summed E-state index contributed by atoms with van der Waals surface area (Å²) in [6.45, 7) is 0.498. The maximum Gasteiger partial charge on any atom is 0.194 e. The number of hydrogen-bond donors (Lipinski definition) is 1. The molecule has 1 aromatic carbocycles. The first-order valence-electron chi connectivity index (χ1n) is 7.13. The smallest absolute Gasteiger partial charge is 0.194 e. The molecule has 20 heavy (non-hydrogen) atoms. The first kappa shape index (κ1) is 12.1. The van der Waals surface area contributed by atoms with E-state index in [1.807, 2.05) is 0 Å². The monoisotopic (exact) mass is 283 g/mol. The molecule has 2 heterocycles. The minimum Gasteiger partial charge on any atom is -0.325 e. The van der Waals surface area contributed by atoms with Gasteiger partial charge in [0.25, 0.3) is 0 Å². The lowest BCUT2D eigenvalue weighted by molar-refractivity contribution is 0.686. The quantitative estimate of drug-likeness (QED) is 0.783. The van der Waals surface area contributed by atoms with Crippen LogP contribution in [0.5, 0.6) is 0 Å². The number of fused-ring (bicyclic) bond motifs is 2. The summed E-state index contributed by atoms with van der Waals surface area (Å²) in [6.07, 6.45) is 7.15. The Kier molecular flexibility index (Phi) is 2.86. The molecule has 0 atom stereocenters. The van der Waals surface area contributed by atoms with Gasteiger partial charge in [-0.1, -0.05) is 12.1 Å². The highest BCUT2D eigenvalue weighted by atomic mass is 32.1. The van der Waals surface area contributed by atoms with Crippen molar-refractivity contribution in [3.05, 3.63) is 46.6 Å². The van der Waals surface area contributed by atoms with Gasteiger partial charge in [0.1, 0.15) is 0 Å². The van der Waals surface area contributed by atoms with Crippen LogP contribution in [0.3, 0.4) is 0 Å². The van der Waals surface area contributed by atoms with Crippen LogP contribution in [0, 0.1) is 0 Å². The van der Waals surface area contributed by atoms with Gasteiger partial charge in [0.2, 0.25) is 0 Å². The second-order valence-corrected chi connectivity index (χ2v) is 6.24. The van der Waals surface area contributed by atoms with Gasteiger partial charge in [-0.15, -0.1) is 11.3 Å². The maximum absolute atomic E-state index is 5.68. The summed E-state index contributed by atoms with van der Waals surface area (Å²) in [6, 6.07) is 6.90. The zero-order valence-corrected chi connectivity index (χ0v) is 12.1. The molecule has 2 aromatic heterocycles. The first-order valence-corrected chi connectivity index (χ1v) is 8.01. The van der Waals surface area contributed by atoms with Crippen molar-refractivity contribution in [2.45, 2.75) is 32.2 Å². The van der Waals surface area contributed by atoms with Crippen molar-refractivity contribution < 1.29 is 0 Å². The number of hydrogen-bond acceptors (Lipinski definition) is 3. The highest BCUT2D eigenvalue weighted by molar-refractivity contribution is 7.15. The molecule has 2 N–H and O–H groups in total. The van der Waals surface area contributed by atoms with Crippen LogP contribution in [0.2, 0.25) is 0 Å². The van der Waals surface area contributed by atoms with Gasteiger partial charge in [0.15, 0.2) is 4.96 Å². The van der Waals surface area contributed by atoms with Crippen LogP contribution in [0.1, 0.15) is 29.7 Å². The van der Waals surface area contributed by atoms with Gasteiger partial charge >= 0.3 is 0 Å². The lowest BCUT2D eigenvalue weighted by atomic mass is 9.90. The summed E-state index contributed by atoms with van der Waals surface area (Å²) >= 11 is 1.68. The summed E-state index contributed by atoms with van der Waals surface area (Å²) in [5.74, 6) is 0. The topological polar surface area (TPSA) is 43.3 Å². The minimum absolute atomic E-state index is 0.498. The second-order valence-electron chi connectivity index (χ2n) is 5.40. The number of aromatic nitrogens is 2. The van der Waals surface area contributed by atoms with E-state index in [1.165, 1.54) is 48.1 Å². The molecule has 0 unspecified atom stereocenters. The molecule has 0 saturated carbocycles. The number of aryl methyl sites for hydroxylation is 2. The van der Waals surface area contributed by atoms with Crippen LogP contribution in [0.15, 0.2) is 29.8 Å². The third-order valence-electron chi connectivity index (χ3n) is 4.11. The van der Waals surface area contributed by atoms with Gasteiger partial charge in [-0.2, -0.15) is 0 Å². The van der Waals surface area contributed by atoms with E-state index >= 15 is 0 Å². The van der Waals surface area contributed by atoms with Crippen molar-refractivity contribution in [2.75, 3.05) is 0 Å². The third-order valence-corrected chi connectivity index (χ3v) is 4.95. The summed E-state index contributed by atoms with van der Waals surface area (Å²) < 4.78 is 2.16. The summed E-state index contributed by atoms with van der Waals surface area (Å²) in [7, 11) is 0. The molecule has 0 radical (unpaired) electrons. The Balaban J connectivity index is 1.83. The van der Waals surface area contributed by atoms with Crippen molar-refractivity contribution in [3.8, 4) is 11.3 Å². The molecule has 4 rings (SSSR count). The van der Waals surface area contributed by atoms with Crippen molar-refractivity contribution in [2.24, 2.45) is 5.73 Å².